The van der Waals surface area contributed by atoms with Gasteiger partial charge in [0, 0.05) is 23.5 Å². The molecule has 122 valence electrons. The number of rotatable bonds is 5. The second-order valence-electron chi connectivity index (χ2n) is 6.23. The number of hydrogen-bond acceptors (Lipinski definition) is 2. The fraction of sp³-hybridized carbons (Fsp3) is 0.588. The lowest BCUT2D eigenvalue weighted by molar-refractivity contribution is -0.134. The molecule has 0 radical (unpaired) electrons. The summed E-state index contributed by atoms with van der Waals surface area (Å²) in [6.07, 6.45) is 5.16. The van der Waals surface area contributed by atoms with Crippen molar-refractivity contribution in [2.45, 2.75) is 57.2 Å². The minimum absolute atomic E-state index is 0. The van der Waals surface area contributed by atoms with E-state index in [0.29, 0.717) is 18.5 Å². The average molecular weight is 343 g/mol. The highest BCUT2D eigenvalue weighted by atomic mass is 35.5. The van der Waals surface area contributed by atoms with E-state index in [2.05, 4.69) is 17.1 Å². The summed E-state index contributed by atoms with van der Waals surface area (Å²) >= 11 is 6.31. The Morgan fingerprint density at radius 2 is 2.09 bits per heavy atom. The lowest BCUT2D eigenvalue weighted by Gasteiger charge is -2.31. The zero-order valence-electron chi connectivity index (χ0n) is 12.9. The first kappa shape index (κ1) is 17.6. The Hall–Kier alpha value is -0.770. The average Bonchev–Trinajstić information content (AvgIpc) is 3.16. The summed E-state index contributed by atoms with van der Waals surface area (Å²) in [6.45, 7) is 3.14. The molecule has 1 heterocycles. The van der Waals surface area contributed by atoms with Gasteiger partial charge < -0.3 is 10.2 Å². The first-order valence-electron chi connectivity index (χ1n) is 7.96. The highest BCUT2D eigenvalue weighted by Crippen LogP contribution is 2.37. The second-order valence-corrected chi connectivity index (χ2v) is 6.63. The molecule has 1 aromatic rings. The molecule has 1 N–H and O–H groups in total. The first-order valence-corrected chi connectivity index (χ1v) is 8.33. The van der Waals surface area contributed by atoms with Crippen LogP contribution in [0.25, 0.3) is 0 Å². The summed E-state index contributed by atoms with van der Waals surface area (Å²) in [7, 11) is 0. The van der Waals surface area contributed by atoms with Crippen molar-refractivity contribution in [2.75, 3.05) is 6.54 Å². The molecule has 1 aliphatic carbocycles. The summed E-state index contributed by atoms with van der Waals surface area (Å²) in [5, 5.41) is 4.17. The highest BCUT2D eigenvalue weighted by Gasteiger charge is 2.37. The number of carbonyl (C=O) groups excluding carboxylic acids is 1. The molecular formula is C17H24Cl2N2O. The normalized spacial score (nSPS) is 22.0. The van der Waals surface area contributed by atoms with Gasteiger partial charge in [-0.05, 0) is 50.8 Å². The first-order chi connectivity index (χ1) is 10.2. The quantitative estimate of drug-likeness (QED) is 0.878. The monoisotopic (exact) mass is 342 g/mol. The van der Waals surface area contributed by atoms with Crippen LogP contribution in [0, 0.1) is 0 Å². The van der Waals surface area contributed by atoms with Crippen LogP contribution in [-0.4, -0.2) is 29.4 Å². The van der Waals surface area contributed by atoms with Crippen LogP contribution in [0.5, 0.6) is 0 Å². The number of nitrogens with one attached hydrogen (secondary N) is 1. The molecule has 2 atom stereocenters. The Balaban J connectivity index is 0.00000176. The van der Waals surface area contributed by atoms with Gasteiger partial charge in [-0.25, -0.2) is 0 Å². The standard InChI is InChI=1S/C17H23ClN2O.ClH/c1-12(15-6-2-3-7-16(15)18)20(14-8-9-14)17(21)11-13-5-4-10-19-13;/h2-3,6-7,12-14,19H,4-5,8-11H2,1H3;1H. The maximum absolute atomic E-state index is 12.7. The van der Waals surface area contributed by atoms with Gasteiger partial charge in [0.05, 0.1) is 6.04 Å². The lowest BCUT2D eigenvalue weighted by atomic mass is 10.0. The van der Waals surface area contributed by atoms with Gasteiger partial charge in [-0.15, -0.1) is 12.4 Å². The fourth-order valence-electron chi connectivity index (χ4n) is 3.30. The van der Waals surface area contributed by atoms with E-state index in [1.807, 2.05) is 24.3 Å². The van der Waals surface area contributed by atoms with E-state index < -0.39 is 0 Å². The Labute approximate surface area is 143 Å². The molecule has 1 aliphatic heterocycles. The van der Waals surface area contributed by atoms with E-state index in [4.69, 9.17) is 11.6 Å². The van der Waals surface area contributed by atoms with E-state index in [1.54, 1.807) is 0 Å². The number of hydrogen-bond donors (Lipinski definition) is 1. The predicted molar refractivity (Wildman–Crippen MR) is 92.6 cm³/mol. The molecule has 3 nitrogen and oxygen atoms in total. The van der Waals surface area contributed by atoms with E-state index in [-0.39, 0.29) is 24.4 Å². The number of benzene rings is 1. The van der Waals surface area contributed by atoms with E-state index in [9.17, 15) is 4.79 Å². The third-order valence-electron chi connectivity index (χ3n) is 4.58. The summed E-state index contributed by atoms with van der Waals surface area (Å²) in [5.41, 5.74) is 1.05. The van der Waals surface area contributed by atoms with Crippen LogP contribution in [0.3, 0.4) is 0 Å². The summed E-state index contributed by atoms with van der Waals surface area (Å²) in [4.78, 5) is 14.8. The molecule has 0 spiro atoms. The third kappa shape index (κ3) is 3.95. The van der Waals surface area contributed by atoms with E-state index in [1.165, 1.54) is 6.42 Å². The molecule has 2 fully saturated rings. The smallest absolute Gasteiger partial charge is 0.224 e. The zero-order valence-corrected chi connectivity index (χ0v) is 14.5. The maximum atomic E-state index is 12.7. The molecule has 22 heavy (non-hydrogen) atoms. The largest absolute Gasteiger partial charge is 0.333 e. The van der Waals surface area contributed by atoms with Crippen LogP contribution in [-0.2, 0) is 4.79 Å². The van der Waals surface area contributed by atoms with Crippen LogP contribution >= 0.6 is 24.0 Å². The van der Waals surface area contributed by atoms with Crippen molar-refractivity contribution in [3.8, 4) is 0 Å². The van der Waals surface area contributed by atoms with Crippen LogP contribution in [0.4, 0.5) is 0 Å². The topological polar surface area (TPSA) is 32.3 Å². The van der Waals surface area contributed by atoms with Gasteiger partial charge in [0.1, 0.15) is 0 Å². The van der Waals surface area contributed by atoms with Crippen molar-refractivity contribution in [2.24, 2.45) is 0 Å². The van der Waals surface area contributed by atoms with Crippen molar-refractivity contribution in [1.82, 2.24) is 10.2 Å². The SMILES string of the molecule is CC(c1ccccc1Cl)N(C(=O)CC1CCCN1)C1CC1.Cl. The van der Waals surface area contributed by atoms with Crippen molar-refractivity contribution in [3.05, 3.63) is 34.9 Å². The van der Waals surface area contributed by atoms with Gasteiger partial charge in [-0.1, -0.05) is 29.8 Å². The summed E-state index contributed by atoms with van der Waals surface area (Å²) < 4.78 is 0. The molecule has 0 aromatic heterocycles. The molecular weight excluding hydrogens is 319 g/mol. The van der Waals surface area contributed by atoms with Gasteiger partial charge in [0.25, 0.3) is 0 Å². The minimum Gasteiger partial charge on any atom is -0.333 e. The number of nitrogens with zero attached hydrogens (tertiary/aromatic N) is 1. The summed E-state index contributed by atoms with van der Waals surface area (Å²) in [6, 6.07) is 8.68. The van der Waals surface area contributed by atoms with Crippen molar-refractivity contribution >= 4 is 29.9 Å². The number of carbonyl (C=O) groups is 1. The molecule has 2 unspecified atom stereocenters. The molecule has 1 saturated heterocycles. The molecule has 1 amide bonds. The third-order valence-corrected chi connectivity index (χ3v) is 4.93. The zero-order chi connectivity index (χ0) is 14.8. The van der Waals surface area contributed by atoms with Crippen LogP contribution in [0.1, 0.15) is 50.6 Å². The molecule has 1 saturated carbocycles. The second kappa shape index (κ2) is 7.67. The Morgan fingerprint density at radius 3 is 2.68 bits per heavy atom. The van der Waals surface area contributed by atoms with Crippen LogP contribution in [0.15, 0.2) is 24.3 Å². The van der Waals surface area contributed by atoms with Crippen LogP contribution in [0.2, 0.25) is 5.02 Å². The number of amides is 1. The molecule has 5 heteroatoms. The number of halogens is 2. The molecule has 3 rings (SSSR count). The molecule has 2 aliphatic rings. The van der Waals surface area contributed by atoms with Crippen molar-refractivity contribution in [1.29, 1.82) is 0 Å². The van der Waals surface area contributed by atoms with E-state index in [0.717, 1.165) is 36.4 Å². The Morgan fingerprint density at radius 1 is 1.36 bits per heavy atom. The maximum Gasteiger partial charge on any atom is 0.224 e. The van der Waals surface area contributed by atoms with E-state index >= 15 is 0 Å². The van der Waals surface area contributed by atoms with Gasteiger partial charge in [-0.3, -0.25) is 4.79 Å². The Bertz CT molecular complexity index is 513. The summed E-state index contributed by atoms with van der Waals surface area (Å²) in [5.74, 6) is 0.268. The van der Waals surface area contributed by atoms with Crippen molar-refractivity contribution < 1.29 is 4.79 Å². The predicted octanol–water partition coefficient (Wildman–Crippen LogP) is 3.96. The van der Waals surface area contributed by atoms with Crippen LogP contribution < -0.4 is 5.32 Å². The molecule has 0 bridgehead atoms. The van der Waals surface area contributed by atoms with Gasteiger partial charge in [0.2, 0.25) is 5.91 Å². The fourth-order valence-corrected chi connectivity index (χ4v) is 3.59. The minimum atomic E-state index is 0. The van der Waals surface area contributed by atoms with Crippen molar-refractivity contribution in [3.63, 3.8) is 0 Å². The lowest BCUT2D eigenvalue weighted by Crippen LogP contribution is -2.39. The van der Waals surface area contributed by atoms with Gasteiger partial charge in [-0.2, -0.15) is 0 Å². The van der Waals surface area contributed by atoms with Gasteiger partial charge >= 0.3 is 0 Å². The Kier molecular flexibility index (Phi) is 6.13. The molecule has 1 aromatic carbocycles. The van der Waals surface area contributed by atoms with Gasteiger partial charge in [0.15, 0.2) is 0 Å². The highest BCUT2D eigenvalue weighted by molar-refractivity contribution is 6.31.